The molecule has 34 heteroatoms. The number of carbonyl (C=O) groups is 4. The molecule has 32 unspecified atom stereocenters. The van der Waals surface area contributed by atoms with Crippen LogP contribution in [0.1, 0.15) is 89.9 Å². The van der Waals surface area contributed by atoms with E-state index in [1.54, 1.807) is 6.08 Å². The van der Waals surface area contributed by atoms with Crippen molar-refractivity contribution < 1.29 is 168 Å². The molecule has 0 radical (unpaired) electrons. The van der Waals surface area contributed by atoms with Crippen molar-refractivity contribution in [1.82, 2.24) is 0 Å². The van der Waals surface area contributed by atoms with Crippen molar-refractivity contribution in [3.63, 3.8) is 0 Å². The molecule has 0 aromatic rings. The monoisotopic (exact) mass is 1370 g/mol. The summed E-state index contributed by atoms with van der Waals surface area (Å²) in [5.74, 6) is -6.65. The van der Waals surface area contributed by atoms with Crippen LogP contribution in [0, 0.1) is 23.7 Å². The molecule has 0 spiro atoms. The van der Waals surface area contributed by atoms with Crippen LogP contribution in [-0.2, 0) is 80.8 Å². The average molecular weight is 1370 g/mol. The molecule has 5 aliphatic heterocycles. The molecule has 542 valence electrons. The minimum Gasteiger partial charge on any atom is -0.481 e. The number of aliphatic hydroxyl groups excluding tert-OH is 16. The van der Waals surface area contributed by atoms with Crippen LogP contribution in [-0.4, -0.2) is 328 Å². The highest BCUT2D eigenvalue weighted by Crippen LogP contribution is 2.46. The zero-order valence-corrected chi connectivity index (χ0v) is 52.2. The molecule has 17 N–H and O–H groups in total. The van der Waals surface area contributed by atoms with E-state index in [-0.39, 0.29) is 50.4 Å². The molecule has 32 atom stereocenters. The van der Waals surface area contributed by atoms with Crippen LogP contribution >= 0.6 is 0 Å². The van der Waals surface area contributed by atoms with Crippen molar-refractivity contribution in [2.75, 3.05) is 33.5 Å². The number of methoxy groups -OCH3 is 1. The van der Waals surface area contributed by atoms with Gasteiger partial charge in [-0.2, -0.15) is 0 Å². The summed E-state index contributed by atoms with van der Waals surface area (Å²) in [6.45, 7) is -3.12. The van der Waals surface area contributed by atoms with Crippen LogP contribution < -0.4 is 0 Å². The fourth-order valence-corrected chi connectivity index (χ4v) is 14.3. The van der Waals surface area contributed by atoms with Crippen LogP contribution in [0.4, 0.5) is 0 Å². The number of aliphatic carboxylic acids is 1. The number of carboxylic acid groups (broad SMARTS) is 1. The number of aliphatic hydroxyl groups is 16. The van der Waals surface area contributed by atoms with Crippen molar-refractivity contribution in [1.29, 1.82) is 0 Å². The number of carbonyl (C=O) groups excluding carboxylic acids is 3. The maximum Gasteiger partial charge on any atom is 0.330 e. The summed E-state index contributed by atoms with van der Waals surface area (Å²) in [5, 5.41) is 183. The smallest absolute Gasteiger partial charge is 0.330 e. The van der Waals surface area contributed by atoms with Gasteiger partial charge in [-0.15, -0.1) is 0 Å². The summed E-state index contributed by atoms with van der Waals surface area (Å²) in [6.07, 6.45) is -38.3. The first-order valence-electron chi connectivity index (χ1n) is 32.5. The third-order valence-electron chi connectivity index (χ3n) is 19.8. The molecule has 0 aromatic carbocycles. The number of ether oxygens (including phenoxy) is 13. The molecule has 0 bridgehead atoms. The fraction of sp³-hybridized carbons (Fsp3) is 0.869. The zero-order valence-electron chi connectivity index (χ0n) is 52.2. The summed E-state index contributed by atoms with van der Waals surface area (Å²) >= 11 is 0. The van der Waals surface area contributed by atoms with Gasteiger partial charge in [-0.25, -0.2) is 9.59 Å². The molecule has 34 nitrogen and oxygen atoms in total. The van der Waals surface area contributed by atoms with Gasteiger partial charge in [0.25, 0.3) is 0 Å². The predicted molar refractivity (Wildman–Crippen MR) is 308 cm³/mol. The lowest BCUT2D eigenvalue weighted by Gasteiger charge is -2.53. The van der Waals surface area contributed by atoms with E-state index in [2.05, 4.69) is 0 Å². The average Bonchev–Trinajstić information content (AvgIpc) is 0.776. The molecule has 0 amide bonds. The Labute approximate surface area is 545 Å². The minimum atomic E-state index is -2.13. The van der Waals surface area contributed by atoms with E-state index in [1.165, 1.54) is 13.2 Å². The highest BCUT2D eigenvalue weighted by molar-refractivity contribution is 5.90. The lowest BCUT2D eigenvalue weighted by atomic mass is 9.72. The first-order valence-corrected chi connectivity index (χ1v) is 32.5. The molecule has 9 aliphatic rings. The standard InChI is InChI=1S/C61H94O34/c1-83-35-14-25(4-10-31(35)66)6-13-43(71)94-56-51(79)46(74)38(21-63)91-61(56)95-57-52(80)48(76)40(22-84-42(70)12-5-24-2-8-28(9-3-24)86-58-53(81)49(77)45(73)37(20-62)90-58)93-60(57)89-36-18-29-33(87-55(36)26-7-11-30(65)32(67)15-26)16-27(64)17-34(29)88-59-54(82)50(78)47(75)39(92-59)23-85-44(72)19-41(68)69/h5-6,12-13,24-40,45-67,73-82H,2-4,7-11,14-23H2,1H3,(H,68,69). The second-order valence-corrected chi connectivity index (χ2v) is 26.4. The van der Waals surface area contributed by atoms with Crippen molar-refractivity contribution in [2.24, 2.45) is 23.7 Å². The minimum absolute atomic E-state index is 0.0190. The fourth-order valence-electron chi connectivity index (χ4n) is 14.3. The van der Waals surface area contributed by atoms with Crippen LogP contribution in [0.5, 0.6) is 0 Å². The van der Waals surface area contributed by atoms with Gasteiger partial charge in [0, 0.05) is 31.6 Å². The second-order valence-electron chi connectivity index (χ2n) is 26.4. The highest BCUT2D eigenvalue weighted by atomic mass is 16.8. The summed E-state index contributed by atoms with van der Waals surface area (Å²) in [6, 6.07) is 0. The molecule has 5 saturated heterocycles. The molecule has 95 heavy (non-hydrogen) atoms. The van der Waals surface area contributed by atoms with E-state index in [0.717, 1.165) is 12.2 Å². The van der Waals surface area contributed by atoms with E-state index in [1.807, 2.05) is 0 Å². The van der Waals surface area contributed by atoms with Crippen LogP contribution in [0.3, 0.4) is 0 Å². The molecule has 9 fully saturated rings. The van der Waals surface area contributed by atoms with E-state index in [0.29, 0.717) is 44.9 Å². The molecular formula is C61H94O34. The van der Waals surface area contributed by atoms with Gasteiger partial charge in [-0.1, -0.05) is 12.2 Å². The van der Waals surface area contributed by atoms with Gasteiger partial charge in [0.15, 0.2) is 31.3 Å². The van der Waals surface area contributed by atoms with Gasteiger partial charge < -0.3 is 148 Å². The Hall–Kier alpha value is -3.68. The number of hydrogen-bond acceptors (Lipinski definition) is 33. The largest absolute Gasteiger partial charge is 0.481 e. The van der Waals surface area contributed by atoms with Crippen molar-refractivity contribution in [3.8, 4) is 0 Å². The van der Waals surface area contributed by atoms with Crippen LogP contribution in [0.2, 0.25) is 0 Å². The van der Waals surface area contributed by atoms with Gasteiger partial charge in [0.1, 0.15) is 111 Å². The molecular weight excluding hydrogens is 1280 g/mol. The molecule has 0 aromatic heterocycles. The molecule has 9 rings (SSSR count). The van der Waals surface area contributed by atoms with Crippen molar-refractivity contribution >= 4 is 23.9 Å². The maximum absolute atomic E-state index is 13.6. The van der Waals surface area contributed by atoms with E-state index in [9.17, 15) is 101 Å². The Morgan fingerprint density at radius 2 is 0.989 bits per heavy atom. The normalized spacial score (nSPS) is 46.8. The van der Waals surface area contributed by atoms with Gasteiger partial charge in [-0.3, -0.25) is 9.59 Å². The molecule has 5 heterocycles. The third kappa shape index (κ3) is 18.7. The number of esters is 3. The number of allylic oxidation sites excluding steroid dienone is 2. The summed E-state index contributed by atoms with van der Waals surface area (Å²) < 4.78 is 77.5. The maximum atomic E-state index is 13.6. The Morgan fingerprint density at radius 1 is 0.453 bits per heavy atom. The van der Waals surface area contributed by atoms with E-state index in [4.69, 9.17) is 66.7 Å². The SMILES string of the molecule is COC1CC(C=CC(=O)OC2C(OC3C(OC4CC5C(OC6OC(COC(=O)CC(=O)O)C(O)C(O)C6O)CC(O)CC5OC4C4CCC(O)C(O)C4)OC(COC(=O)C=CC4CCC(OC5OC(CO)C(O)C(O)C5O)CC4)C(O)C3O)OC(CO)C(O)C2O)CCC1O. The Balaban J connectivity index is 0.961. The number of fused-ring (bicyclic) bond motifs is 1. The third-order valence-corrected chi connectivity index (χ3v) is 19.8. The lowest BCUT2D eigenvalue weighted by Crippen LogP contribution is -2.66. The summed E-state index contributed by atoms with van der Waals surface area (Å²) in [5.41, 5.74) is 0. The summed E-state index contributed by atoms with van der Waals surface area (Å²) in [4.78, 5) is 50.4. The highest BCUT2D eigenvalue weighted by Gasteiger charge is 2.57. The zero-order chi connectivity index (χ0) is 68.7. The van der Waals surface area contributed by atoms with E-state index < -0.39 is 252 Å². The predicted octanol–water partition coefficient (Wildman–Crippen LogP) is -6.58. The van der Waals surface area contributed by atoms with Crippen LogP contribution in [0.25, 0.3) is 0 Å². The van der Waals surface area contributed by atoms with E-state index >= 15 is 0 Å². The van der Waals surface area contributed by atoms with Crippen LogP contribution in [0.15, 0.2) is 24.3 Å². The Morgan fingerprint density at radius 3 is 1.64 bits per heavy atom. The lowest BCUT2D eigenvalue weighted by molar-refractivity contribution is -0.380. The quantitative estimate of drug-likeness (QED) is 0.0196. The van der Waals surface area contributed by atoms with Gasteiger partial charge >= 0.3 is 23.9 Å². The first-order chi connectivity index (χ1) is 45.2. The first kappa shape index (κ1) is 75.5. The number of hydrogen-bond donors (Lipinski definition) is 17. The topological polar surface area (TPSA) is 532 Å². The van der Waals surface area contributed by atoms with Gasteiger partial charge in [0.05, 0.1) is 74.3 Å². The number of rotatable bonds is 23. The van der Waals surface area contributed by atoms with Crippen molar-refractivity contribution in [2.45, 2.75) is 274 Å². The van der Waals surface area contributed by atoms with Gasteiger partial charge in [-0.05, 0) is 94.8 Å². The Bertz CT molecular complexity index is 2520. The van der Waals surface area contributed by atoms with Crippen molar-refractivity contribution in [3.05, 3.63) is 24.3 Å². The Kier molecular flexibility index (Phi) is 27.1. The summed E-state index contributed by atoms with van der Waals surface area (Å²) in [7, 11) is 1.44. The number of carboxylic acids is 1. The molecule has 4 aliphatic carbocycles. The second kappa shape index (κ2) is 34.1. The van der Waals surface area contributed by atoms with Gasteiger partial charge in [0.2, 0.25) is 0 Å². The molecule has 4 saturated carbocycles.